The van der Waals surface area contributed by atoms with E-state index < -0.39 is 15.7 Å². The minimum atomic E-state index is -3.05. The minimum absolute atomic E-state index is 0.0807. The van der Waals surface area contributed by atoms with Gasteiger partial charge in [0.05, 0.1) is 32.9 Å². The normalized spacial score (nSPS) is 21.8. The molecule has 0 bridgehead atoms. The third-order valence-corrected chi connectivity index (χ3v) is 6.38. The van der Waals surface area contributed by atoms with E-state index in [1.54, 1.807) is 6.07 Å². The average molecular weight is 396 g/mol. The summed E-state index contributed by atoms with van der Waals surface area (Å²) in [4.78, 5) is 4.33. The molecule has 0 amide bonds. The monoisotopic (exact) mass is 394 g/mol. The molecule has 0 saturated carbocycles. The molecule has 1 aromatic heterocycles. The van der Waals surface area contributed by atoms with Crippen LogP contribution in [0, 0.1) is 5.82 Å². The van der Waals surface area contributed by atoms with Crippen molar-refractivity contribution in [2.75, 3.05) is 11.5 Å². The average Bonchev–Trinajstić information content (AvgIpc) is 2.75. The van der Waals surface area contributed by atoms with Crippen molar-refractivity contribution in [1.29, 1.82) is 0 Å². The zero-order valence-electron chi connectivity index (χ0n) is 11.0. The second kappa shape index (κ2) is 5.52. The number of hydrogen-bond donors (Lipinski definition) is 0. The Hall–Kier alpha value is -0.660. The highest BCUT2D eigenvalue weighted by atomic mass is 79.9. The topological polar surface area (TPSA) is 52.0 Å². The first-order valence-corrected chi connectivity index (χ1v) is 9.68. The van der Waals surface area contributed by atoms with Gasteiger partial charge in [0.1, 0.15) is 11.6 Å². The SMILES string of the molecule is O=S1(=O)CCCC(n2c(CCl)nc3cc(F)c(Br)cc32)C1. The van der Waals surface area contributed by atoms with Crippen molar-refractivity contribution in [3.8, 4) is 0 Å². The van der Waals surface area contributed by atoms with Crippen LogP contribution in [0.25, 0.3) is 11.0 Å². The molecule has 21 heavy (non-hydrogen) atoms. The molecule has 114 valence electrons. The number of halogens is 3. The number of alkyl halides is 1. The van der Waals surface area contributed by atoms with E-state index in [4.69, 9.17) is 11.6 Å². The van der Waals surface area contributed by atoms with Gasteiger partial charge in [0.15, 0.2) is 9.84 Å². The highest BCUT2D eigenvalue weighted by molar-refractivity contribution is 9.10. The number of nitrogens with zero attached hydrogens (tertiary/aromatic N) is 2. The molecule has 8 heteroatoms. The Kier molecular flexibility index (Phi) is 4.00. The van der Waals surface area contributed by atoms with E-state index in [2.05, 4.69) is 20.9 Å². The van der Waals surface area contributed by atoms with Gasteiger partial charge in [-0.25, -0.2) is 17.8 Å². The van der Waals surface area contributed by atoms with E-state index in [1.165, 1.54) is 6.07 Å². The van der Waals surface area contributed by atoms with Gasteiger partial charge in [0, 0.05) is 12.1 Å². The van der Waals surface area contributed by atoms with Crippen molar-refractivity contribution in [1.82, 2.24) is 9.55 Å². The highest BCUT2D eigenvalue weighted by Crippen LogP contribution is 2.32. The summed E-state index contributed by atoms with van der Waals surface area (Å²) in [7, 11) is -3.05. The first-order valence-electron chi connectivity index (χ1n) is 6.53. The van der Waals surface area contributed by atoms with Gasteiger partial charge < -0.3 is 4.57 Å². The zero-order chi connectivity index (χ0) is 15.2. The molecule has 2 heterocycles. The van der Waals surface area contributed by atoms with Gasteiger partial charge in [-0.2, -0.15) is 0 Å². The Bertz CT molecular complexity index is 806. The van der Waals surface area contributed by atoms with Gasteiger partial charge in [-0.15, -0.1) is 11.6 Å². The Morgan fingerprint density at radius 3 is 2.90 bits per heavy atom. The Morgan fingerprint density at radius 2 is 2.24 bits per heavy atom. The first kappa shape index (κ1) is 15.2. The summed E-state index contributed by atoms with van der Waals surface area (Å²) in [6, 6.07) is 2.78. The summed E-state index contributed by atoms with van der Waals surface area (Å²) in [5, 5.41) is 0. The smallest absolute Gasteiger partial charge is 0.152 e. The molecule has 4 nitrogen and oxygen atoms in total. The summed E-state index contributed by atoms with van der Waals surface area (Å²) in [5.41, 5.74) is 1.20. The maximum Gasteiger partial charge on any atom is 0.152 e. The third kappa shape index (κ3) is 2.83. The van der Waals surface area contributed by atoms with Gasteiger partial charge in [-0.3, -0.25) is 0 Å². The van der Waals surface area contributed by atoms with Crippen molar-refractivity contribution in [3.63, 3.8) is 0 Å². The fourth-order valence-corrected chi connectivity index (χ4v) is 5.04. The molecule has 0 aliphatic carbocycles. The van der Waals surface area contributed by atoms with Crippen LogP contribution in [0.1, 0.15) is 24.7 Å². The van der Waals surface area contributed by atoms with E-state index in [0.717, 1.165) is 6.42 Å². The molecular weight excluding hydrogens is 383 g/mol. The molecule has 1 aromatic carbocycles. The van der Waals surface area contributed by atoms with Gasteiger partial charge in [0.2, 0.25) is 0 Å². The van der Waals surface area contributed by atoms with Gasteiger partial charge in [-0.05, 0) is 34.8 Å². The van der Waals surface area contributed by atoms with Crippen molar-refractivity contribution < 1.29 is 12.8 Å². The first-order chi connectivity index (χ1) is 9.91. The van der Waals surface area contributed by atoms with E-state index in [1.807, 2.05) is 4.57 Å². The van der Waals surface area contributed by atoms with Crippen LogP contribution in [0.3, 0.4) is 0 Å². The molecule has 3 rings (SSSR count). The van der Waals surface area contributed by atoms with Crippen LogP contribution in [0.15, 0.2) is 16.6 Å². The van der Waals surface area contributed by atoms with Crippen LogP contribution in [-0.2, 0) is 15.7 Å². The summed E-state index contributed by atoms with van der Waals surface area (Å²) in [6.45, 7) is 0. The molecule has 1 aliphatic rings. The molecule has 0 spiro atoms. The lowest BCUT2D eigenvalue weighted by molar-refractivity contribution is 0.470. The lowest BCUT2D eigenvalue weighted by Gasteiger charge is -2.25. The maximum absolute atomic E-state index is 13.6. The number of hydrogen-bond acceptors (Lipinski definition) is 3. The highest BCUT2D eigenvalue weighted by Gasteiger charge is 2.29. The lowest BCUT2D eigenvalue weighted by Crippen LogP contribution is -2.28. The Labute approximate surface area is 135 Å². The van der Waals surface area contributed by atoms with Crippen LogP contribution in [0.2, 0.25) is 0 Å². The van der Waals surface area contributed by atoms with Crippen molar-refractivity contribution in [2.45, 2.75) is 24.8 Å². The third-order valence-electron chi connectivity index (χ3n) is 3.73. The number of fused-ring (bicyclic) bond motifs is 1. The van der Waals surface area contributed by atoms with Crippen LogP contribution in [-0.4, -0.2) is 29.5 Å². The molecule has 1 fully saturated rings. The molecule has 2 aromatic rings. The largest absolute Gasteiger partial charge is 0.323 e. The fourth-order valence-electron chi connectivity index (χ4n) is 2.84. The summed E-state index contributed by atoms with van der Waals surface area (Å²) < 4.78 is 39.6. The van der Waals surface area contributed by atoms with E-state index >= 15 is 0 Å². The number of aromatic nitrogens is 2. The molecule has 1 atom stereocenters. The fraction of sp³-hybridized carbons (Fsp3) is 0.462. The molecular formula is C13H13BrClFN2O2S. The van der Waals surface area contributed by atoms with Crippen molar-refractivity contribution in [2.24, 2.45) is 0 Å². The van der Waals surface area contributed by atoms with Crippen LogP contribution in [0.5, 0.6) is 0 Å². The Morgan fingerprint density at radius 1 is 1.48 bits per heavy atom. The second-order valence-electron chi connectivity index (χ2n) is 5.20. The maximum atomic E-state index is 13.6. The number of imidazole rings is 1. The molecule has 1 saturated heterocycles. The summed E-state index contributed by atoms with van der Waals surface area (Å²) in [5.74, 6) is 0.641. The zero-order valence-corrected chi connectivity index (χ0v) is 14.2. The molecule has 1 unspecified atom stereocenters. The van der Waals surface area contributed by atoms with Gasteiger partial charge in [-0.1, -0.05) is 0 Å². The standard InChI is InChI=1S/C13H13BrClFN2O2S/c14-9-4-12-11(5-10(9)16)17-13(6-15)18(12)8-2-1-3-21(19,20)7-8/h4-5,8H,1-3,6-7H2. The second-order valence-corrected chi connectivity index (χ2v) is 8.55. The minimum Gasteiger partial charge on any atom is -0.323 e. The van der Waals surface area contributed by atoms with Crippen molar-refractivity contribution >= 4 is 48.4 Å². The molecule has 1 aliphatic heterocycles. The lowest BCUT2D eigenvalue weighted by atomic mass is 10.1. The van der Waals surface area contributed by atoms with Crippen LogP contribution in [0.4, 0.5) is 4.39 Å². The predicted molar refractivity (Wildman–Crippen MR) is 83.9 cm³/mol. The molecule has 0 N–H and O–H groups in total. The Balaban J connectivity index is 2.18. The molecule has 0 radical (unpaired) electrons. The summed E-state index contributed by atoms with van der Waals surface area (Å²) >= 11 is 9.10. The van der Waals surface area contributed by atoms with E-state index in [9.17, 15) is 12.8 Å². The van der Waals surface area contributed by atoms with Gasteiger partial charge in [0.25, 0.3) is 0 Å². The number of rotatable bonds is 2. The van der Waals surface area contributed by atoms with Crippen molar-refractivity contribution in [3.05, 3.63) is 28.2 Å². The summed E-state index contributed by atoms with van der Waals surface area (Å²) in [6.07, 6.45) is 1.38. The quantitative estimate of drug-likeness (QED) is 0.732. The number of benzene rings is 1. The van der Waals surface area contributed by atoms with E-state index in [-0.39, 0.29) is 23.4 Å². The van der Waals surface area contributed by atoms with Crippen LogP contribution >= 0.6 is 27.5 Å². The number of sulfone groups is 1. The van der Waals surface area contributed by atoms with E-state index in [0.29, 0.717) is 27.8 Å². The van der Waals surface area contributed by atoms with Gasteiger partial charge >= 0.3 is 0 Å². The van der Waals surface area contributed by atoms with Crippen LogP contribution < -0.4 is 0 Å². The predicted octanol–water partition coefficient (Wildman–Crippen LogP) is 3.43.